The van der Waals surface area contributed by atoms with Crippen LogP contribution in [0.25, 0.3) is 0 Å². The van der Waals surface area contributed by atoms with Crippen molar-refractivity contribution >= 4 is 5.91 Å². The summed E-state index contributed by atoms with van der Waals surface area (Å²) in [6.45, 7) is 1.50. The van der Waals surface area contributed by atoms with E-state index in [1.807, 2.05) is 30.3 Å². The number of hydrogen-bond acceptors (Lipinski definition) is 3. The molecule has 0 radical (unpaired) electrons. The first-order chi connectivity index (χ1) is 10.6. The maximum absolute atomic E-state index is 12.6. The summed E-state index contributed by atoms with van der Waals surface area (Å²) in [6, 6.07) is 13.0. The summed E-state index contributed by atoms with van der Waals surface area (Å²) in [6.07, 6.45) is 2.34. The van der Waals surface area contributed by atoms with Crippen molar-refractivity contribution in [1.82, 2.24) is 9.47 Å². The number of nitrogens with zero attached hydrogens (tertiary/aromatic N) is 2. The molecule has 1 aromatic carbocycles. The molecule has 2 N–H and O–H groups in total. The Morgan fingerprint density at radius 1 is 1.14 bits per heavy atom. The zero-order valence-corrected chi connectivity index (χ0v) is 12.7. The van der Waals surface area contributed by atoms with Gasteiger partial charge >= 0.3 is 0 Å². The molecular formula is C17H21N3O2. The molecule has 5 nitrogen and oxygen atoms in total. The fraction of sp³-hybridized carbons (Fsp3) is 0.294. The standard InChI is InChI=1S/C17H21N3O2/c1-19-13-15(7-8-16(19)21)17(22)20(12-10-18)11-9-14-5-3-2-4-6-14/h2-8,13H,9-12,18H2,1H3. The van der Waals surface area contributed by atoms with E-state index in [0.29, 0.717) is 25.2 Å². The Balaban J connectivity index is 2.10. The fourth-order valence-corrected chi connectivity index (χ4v) is 2.28. The molecule has 0 unspecified atom stereocenters. The molecule has 2 rings (SSSR count). The lowest BCUT2D eigenvalue weighted by Crippen LogP contribution is -2.37. The zero-order chi connectivity index (χ0) is 15.9. The number of aromatic nitrogens is 1. The molecule has 1 heterocycles. The first-order valence-corrected chi connectivity index (χ1v) is 7.32. The third-order valence-electron chi connectivity index (χ3n) is 3.53. The predicted octanol–water partition coefficient (Wildman–Crippen LogP) is 1.03. The van der Waals surface area contributed by atoms with Crippen LogP contribution in [0.4, 0.5) is 0 Å². The molecule has 22 heavy (non-hydrogen) atoms. The zero-order valence-electron chi connectivity index (χ0n) is 12.7. The van der Waals surface area contributed by atoms with Crippen molar-refractivity contribution in [3.8, 4) is 0 Å². The maximum Gasteiger partial charge on any atom is 0.255 e. The SMILES string of the molecule is Cn1cc(C(=O)N(CCN)CCc2ccccc2)ccc1=O. The van der Waals surface area contributed by atoms with Crippen LogP contribution in [0.3, 0.4) is 0 Å². The van der Waals surface area contributed by atoms with Gasteiger partial charge in [0.1, 0.15) is 0 Å². The van der Waals surface area contributed by atoms with Crippen LogP contribution in [0.2, 0.25) is 0 Å². The molecule has 0 saturated carbocycles. The topological polar surface area (TPSA) is 68.3 Å². The Labute approximate surface area is 130 Å². The lowest BCUT2D eigenvalue weighted by Gasteiger charge is -2.22. The molecule has 0 bridgehead atoms. The maximum atomic E-state index is 12.6. The number of carbonyl (C=O) groups is 1. The van der Waals surface area contributed by atoms with Crippen LogP contribution in [0.15, 0.2) is 53.5 Å². The van der Waals surface area contributed by atoms with Crippen LogP contribution in [0.5, 0.6) is 0 Å². The van der Waals surface area contributed by atoms with E-state index in [-0.39, 0.29) is 11.5 Å². The summed E-state index contributed by atoms with van der Waals surface area (Å²) in [7, 11) is 1.64. The highest BCUT2D eigenvalue weighted by Gasteiger charge is 2.15. The number of benzene rings is 1. The largest absolute Gasteiger partial charge is 0.337 e. The highest BCUT2D eigenvalue weighted by molar-refractivity contribution is 5.93. The van der Waals surface area contributed by atoms with Gasteiger partial charge in [-0.1, -0.05) is 30.3 Å². The molecule has 0 aliphatic heterocycles. The number of hydrogen-bond donors (Lipinski definition) is 1. The van der Waals surface area contributed by atoms with E-state index in [1.165, 1.54) is 16.2 Å². The minimum Gasteiger partial charge on any atom is -0.337 e. The number of aryl methyl sites for hydroxylation is 1. The van der Waals surface area contributed by atoms with Crippen LogP contribution >= 0.6 is 0 Å². The van der Waals surface area contributed by atoms with E-state index in [2.05, 4.69) is 0 Å². The van der Waals surface area contributed by atoms with E-state index in [1.54, 1.807) is 24.2 Å². The smallest absolute Gasteiger partial charge is 0.255 e. The van der Waals surface area contributed by atoms with Crippen molar-refractivity contribution in [2.24, 2.45) is 12.8 Å². The van der Waals surface area contributed by atoms with Crippen LogP contribution in [-0.2, 0) is 13.5 Å². The van der Waals surface area contributed by atoms with Gasteiger partial charge in [0.25, 0.3) is 5.91 Å². The third-order valence-corrected chi connectivity index (χ3v) is 3.53. The molecule has 0 fully saturated rings. The van der Waals surface area contributed by atoms with Gasteiger partial charge in [-0.15, -0.1) is 0 Å². The van der Waals surface area contributed by atoms with Gasteiger partial charge in [-0.3, -0.25) is 9.59 Å². The number of nitrogens with two attached hydrogens (primary N) is 1. The average molecular weight is 299 g/mol. The minimum absolute atomic E-state index is 0.100. The molecule has 0 aliphatic rings. The van der Waals surface area contributed by atoms with E-state index >= 15 is 0 Å². The van der Waals surface area contributed by atoms with Crippen molar-refractivity contribution < 1.29 is 4.79 Å². The molecular weight excluding hydrogens is 278 g/mol. The van der Waals surface area contributed by atoms with Crippen molar-refractivity contribution in [1.29, 1.82) is 0 Å². The van der Waals surface area contributed by atoms with Gasteiger partial charge in [-0.25, -0.2) is 0 Å². The Kier molecular flexibility index (Phi) is 5.49. The summed E-state index contributed by atoms with van der Waals surface area (Å²) in [4.78, 5) is 25.7. The van der Waals surface area contributed by atoms with Crippen LogP contribution in [0.1, 0.15) is 15.9 Å². The quantitative estimate of drug-likeness (QED) is 0.866. The molecule has 5 heteroatoms. The Bertz CT molecular complexity index is 680. The van der Waals surface area contributed by atoms with E-state index in [4.69, 9.17) is 5.73 Å². The highest BCUT2D eigenvalue weighted by atomic mass is 16.2. The van der Waals surface area contributed by atoms with Crippen LogP contribution in [0, 0.1) is 0 Å². The first kappa shape index (κ1) is 16.0. The van der Waals surface area contributed by atoms with Gasteiger partial charge < -0.3 is 15.2 Å². The molecule has 116 valence electrons. The molecule has 1 aromatic heterocycles. The molecule has 1 amide bonds. The molecule has 0 atom stereocenters. The normalized spacial score (nSPS) is 10.5. The third kappa shape index (κ3) is 4.05. The summed E-state index contributed by atoms with van der Waals surface area (Å²) < 4.78 is 1.41. The van der Waals surface area contributed by atoms with Crippen molar-refractivity contribution in [2.75, 3.05) is 19.6 Å². The Hall–Kier alpha value is -2.40. The highest BCUT2D eigenvalue weighted by Crippen LogP contribution is 2.06. The fourth-order valence-electron chi connectivity index (χ4n) is 2.28. The second kappa shape index (κ2) is 7.56. The van der Waals surface area contributed by atoms with Crippen LogP contribution in [-0.4, -0.2) is 35.0 Å². The first-order valence-electron chi connectivity index (χ1n) is 7.32. The summed E-state index contributed by atoms with van der Waals surface area (Å²) in [5, 5.41) is 0. The number of carbonyl (C=O) groups excluding carboxylic acids is 1. The van der Waals surface area contributed by atoms with Crippen molar-refractivity contribution in [3.05, 3.63) is 70.1 Å². The monoisotopic (exact) mass is 299 g/mol. The Morgan fingerprint density at radius 2 is 1.86 bits per heavy atom. The molecule has 0 aliphatic carbocycles. The number of rotatable bonds is 6. The van der Waals surface area contributed by atoms with Gasteiger partial charge in [-0.2, -0.15) is 0 Å². The van der Waals surface area contributed by atoms with E-state index < -0.39 is 0 Å². The van der Waals surface area contributed by atoms with Crippen molar-refractivity contribution in [3.63, 3.8) is 0 Å². The van der Waals surface area contributed by atoms with Gasteiger partial charge in [0.15, 0.2) is 0 Å². The summed E-state index contributed by atoms with van der Waals surface area (Å²) >= 11 is 0. The minimum atomic E-state index is -0.133. The summed E-state index contributed by atoms with van der Waals surface area (Å²) in [5.74, 6) is -0.100. The van der Waals surface area contributed by atoms with Gasteiger partial charge in [-0.05, 0) is 18.1 Å². The number of amides is 1. The molecule has 2 aromatic rings. The predicted molar refractivity (Wildman–Crippen MR) is 86.8 cm³/mol. The van der Waals surface area contributed by atoms with Gasteiger partial charge in [0.05, 0.1) is 5.56 Å². The second-order valence-corrected chi connectivity index (χ2v) is 5.18. The van der Waals surface area contributed by atoms with Crippen LogP contribution < -0.4 is 11.3 Å². The Morgan fingerprint density at radius 3 is 2.50 bits per heavy atom. The second-order valence-electron chi connectivity index (χ2n) is 5.18. The van der Waals surface area contributed by atoms with E-state index in [0.717, 1.165) is 6.42 Å². The van der Waals surface area contributed by atoms with Gasteiger partial charge in [0.2, 0.25) is 5.56 Å². The average Bonchev–Trinajstić information content (AvgIpc) is 2.54. The van der Waals surface area contributed by atoms with Gasteiger partial charge in [0, 0.05) is 38.9 Å². The number of pyridine rings is 1. The lowest BCUT2D eigenvalue weighted by atomic mass is 10.1. The summed E-state index contributed by atoms with van der Waals surface area (Å²) in [5.41, 5.74) is 7.17. The molecule has 0 saturated heterocycles. The van der Waals surface area contributed by atoms with Crippen molar-refractivity contribution in [2.45, 2.75) is 6.42 Å². The lowest BCUT2D eigenvalue weighted by molar-refractivity contribution is 0.0761. The van der Waals surface area contributed by atoms with E-state index in [9.17, 15) is 9.59 Å². The molecule has 0 spiro atoms.